The summed E-state index contributed by atoms with van der Waals surface area (Å²) in [5, 5.41) is 11.9. The molecule has 1 atom stereocenters. The monoisotopic (exact) mass is 237 g/mol. The van der Waals surface area contributed by atoms with Crippen molar-refractivity contribution in [3.63, 3.8) is 0 Å². The highest BCUT2D eigenvalue weighted by Gasteiger charge is 2.25. The molecule has 1 heterocycles. The first-order valence-electron chi connectivity index (χ1n) is 6.54. The number of amides is 1. The predicted octanol–water partition coefficient (Wildman–Crippen LogP) is 1.53. The summed E-state index contributed by atoms with van der Waals surface area (Å²) in [7, 11) is 0. The molecule has 1 aliphatic heterocycles. The lowest BCUT2D eigenvalue weighted by Crippen LogP contribution is -2.49. The largest absolute Gasteiger partial charge is 0.340 e. The Balaban J connectivity index is 2.54. The smallest absolute Gasteiger partial charge is 0.239 e. The summed E-state index contributed by atoms with van der Waals surface area (Å²) in [5.41, 5.74) is 0. The molecule has 1 saturated heterocycles. The van der Waals surface area contributed by atoms with Crippen molar-refractivity contribution in [1.29, 1.82) is 5.26 Å². The molecule has 1 fully saturated rings. The summed E-state index contributed by atoms with van der Waals surface area (Å²) >= 11 is 0. The SMILES string of the molecule is CC(C)CN(CCC#N)C(=O)[C@@H]1CCCCN1. The Bertz CT molecular complexity index is 277. The molecule has 0 aromatic rings. The van der Waals surface area contributed by atoms with Crippen molar-refractivity contribution < 1.29 is 4.79 Å². The Labute approximate surface area is 104 Å². The highest BCUT2D eigenvalue weighted by atomic mass is 16.2. The zero-order valence-corrected chi connectivity index (χ0v) is 10.9. The van der Waals surface area contributed by atoms with Gasteiger partial charge in [0.15, 0.2) is 0 Å². The molecule has 96 valence electrons. The Hall–Kier alpha value is -1.08. The van der Waals surface area contributed by atoms with Gasteiger partial charge in [-0.2, -0.15) is 5.26 Å². The van der Waals surface area contributed by atoms with Crippen molar-refractivity contribution in [3.8, 4) is 6.07 Å². The lowest BCUT2D eigenvalue weighted by molar-refractivity contribution is -0.134. The summed E-state index contributed by atoms with van der Waals surface area (Å²) in [6, 6.07) is 2.09. The Kier molecular flexibility index (Phi) is 5.99. The number of rotatable bonds is 5. The van der Waals surface area contributed by atoms with Crippen LogP contribution in [0.1, 0.15) is 39.5 Å². The second-order valence-corrected chi connectivity index (χ2v) is 5.09. The van der Waals surface area contributed by atoms with Crippen LogP contribution in [0.15, 0.2) is 0 Å². The van der Waals surface area contributed by atoms with Crippen LogP contribution in [0.2, 0.25) is 0 Å². The van der Waals surface area contributed by atoms with E-state index >= 15 is 0 Å². The molecule has 1 N–H and O–H groups in total. The first-order chi connectivity index (χ1) is 8.15. The Morgan fingerprint density at radius 3 is 2.82 bits per heavy atom. The zero-order valence-electron chi connectivity index (χ0n) is 10.9. The van der Waals surface area contributed by atoms with E-state index in [0.717, 1.165) is 32.4 Å². The second kappa shape index (κ2) is 7.29. The number of hydrogen-bond donors (Lipinski definition) is 1. The highest BCUT2D eigenvalue weighted by molar-refractivity contribution is 5.82. The average Bonchev–Trinajstić information content (AvgIpc) is 2.34. The van der Waals surface area contributed by atoms with E-state index in [1.165, 1.54) is 0 Å². The zero-order chi connectivity index (χ0) is 12.7. The molecule has 0 aromatic carbocycles. The van der Waals surface area contributed by atoms with Crippen LogP contribution in [0.25, 0.3) is 0 Å². The van der Waals surface area contributed by atoms with Gasteiger partial charge in [0.05, 0.1) is 18.5 Å². The van der Waals surface area contributed by atoms with Gasteiger partial charge in [-0.15, -0.1) is 0 Å². The van der Waals surface area contributed by atoms with E-state index in [9.17, 15) is 4.79 Å². The van der Waals surface area contributed by atoms with Crippen LogP contribution in [0.4, 0.5) is 0 Å². The fraction of sp³-hybridized carbons (Fsp3) is 0.846. The van der Waals surface area contributed by atoms with Crippen LogP contribution in [-0.2, 0) is 4.79 Å². The van der Waals surface area contributed by atoms with Gasteiger partial charge in [-0.25, -0.2) is 0 Å². The molecule has 0 aliphatic carbocycles. The predicted molar refractivity (Wildman–Crippen MR) is 67.3 cm³/mol. The molecule has 0 unspecified atom stereocenters. The summed E-state index contributed by atoms with van der Waals surface area (Å²) < 4.78 is 0. The molecular formula is C13H23N3O. The fourth-order valence-corrected chi connectivity index (χ4v) is 2.20. The van der Waals surface area contributed by atoms with E-state index in [4.69, 9.17) is 5.26 Å². The van der Waals surface area contributed by atoms with Crippen molar-refractivity contribution in [2.75, 3.05) is 19.6 Å². The average molecular weight is 237 g/mol. The minimum Gasteiger partial charge on any atom is -0.340 e. The first-order valence-corrected chi connectivity index (χ1v) is 6.54. The number of nitrogens with zero attached hydrogens (tertiary/aromatic N) is 2. The van der Waals surface area contributed by atoms with Gasteiger partial charge in [0, 0.05) is 13.1 Å². The third-order valence-corrected chi connectivity index (χ3v) is 3.00. The summed E-state index contributed by atoms with van der Waals surface area (Å²) in [6.07, 6.45) is 3.63. The van der Waals surface area contributed by atoms with Gasteiger partial charge in [-0.3, -0.25) is 4.79 Å². The normalized spacial score (nSPS) is 20.0. The van der Waals surface area contributed by atoms with Gasteiger partial charge < -0.3 is 10.2 Å². The summed E-state index contributed by atoms with van der Waals surface area (Å²) in [5.74, 6) is 0.620. The maximum Gasteiger partial charge on any atom is 0.239 e. The lowest BCUT2D eigenvalue weighted by Gasteiger charge is -2.30. The van der Waals surface area contributed by atoms with E-state index in [-0.39, 0.29) is 11.9 Å². The number of hydrogen-bond acceptors (Lipinski definition) is 3. The number of carbonyl (C=O) groups is 1. The van der Waals surface area contributed by atoms with Gasteiger partial charge in [-0.1, -0.05) is 20.3 Å². The fourth-order valence-electron chi connectivity index (χ4n) is 2.20. The molecule has 4 heteroatoms. The number of piperidine rings is 1. The van der Waals surface area contributed by atoms with Crippen molar-refractivity contribution in [2.24, 2.45) is 5.92 Å². The standard InChI is InChI=1S/C13H23N3O/c1-11(2)10-16(9-5-7-14)13(17)12-6-3-4-8-15-12/h11-12,15H,3-6,8-10H2,1-2H3/t12-/m0/s1. The van der Waals surface area contributed by atoms with Crippen LogP contribution in [0.3, 0.4) is 0 Å². The molecule has 1 aliphatic rings. The first kappa shape index (κ1) is 14.0. The molecule has 0 spiro atoms. The van der Waals surface area contributed by atoms with Gasteiger partial charge in [0.25, 0.3) is 0 Å². The maximum atomic E-state index is 12.3. The van der Waals surface area contributed by atoms with Crippen LogP contribution in [-0.4, -0.2) is 36.5 Å². The maximum absolute atomic E-state index is 12.3. The van der Waals surface area contributed by atoms with E-state index in [1.807, 2.05) is 4.90 Å². The highest BCUT2D eigenvalue weighted by Crippen LogP contribution is 2.11. The van der Waals surface area contributed by atoms with Crippen LogP contribution in [0.5, 0.6) is 0 Å². The van der Waals surface area contributed by atoms with Crippen molar-refractivity contribution in [2.45, 2.75) is 45.6 Å². The van der Waals surface area contributed by atoms with E-state index in [1.54, 1.807) is 0 Å². The van der Waals surface area contributed by atoms with Crippen molar-refractivity contribution in [3.05, 3.63) is 0 Å². The van der Waals surface area contributed by atoms with Gasteiger partial charge in [0.2, 0.25) is 5.91 Å². The van der Waals surface area contributed by atoms with Gasteiger partial charge in [0.1, 0.15) is 0 Å². The lowest BCUT2D eigenvalue weighted by atomic mass is 10.0. The molecule has 0 radical (unpaired) electrons. The minimum atomic E-state index is -0.0267. The van der Waals surface area contributed by atoms with Crippen molar-refractivity contribution >= 4 is 5.91 Å². The van der Waals surface area contributed by atoms with Crippen LogP contribution >= 0.6 is 0 Å². The quantitative estimate of drug-likeness (QED) is 0.789. The van der Waals surface area contributed by atoms with E-state index in [0.29, 0.717) is 18.9 Å². The van der Waals surface area contributed by atoms with E-state index < -0.39 is 0 Å². The van der Waals surface area contributed by atoms with E-state index in [2.05, 4.69) is 25.2 Å². The van der Waals surface area contributed by atoms with Crippen LogP contribution < -0.4 is 5.32 Å². The third-order valence-electron chi connectivity index (χ3n) is 3.00. The van der Waals surface area contributed by atoms with Gasteiger partial charge in [-0.05, 0) is 25.3 Å². The Morgan fingerprint density at radius 2 is 2.29 bits per heavy atom. The molecule has 0 bridgehead atoms. The second-order valence-electron chi connectivity index (χ2n) is 5.09. The van der Waals surface area contributed by atoms with Crippen LogP contribution in [0, 0.1) is 17.2 Å². The molecule has 0 saturated carbocycles. The Morgan fingerprint density at radius 1 is 1.53 bits per heavy atom. The summed E-state index contributed by atoms with van der Waals surface area (Å²) in [6.45, 7) is 6.44. The number of nitriles is 1. The minimum absolute atomic E-state index is 0.0267. The molecule has 0 aromatic heterocycles. The number of nitrogens with one attached hydrogen (secondary N) is 1. The molecule has 1 amide bonds. The molecule has 4 nitrogen and oxygen atoms in total. The summed E-state index contributed by atoms with van der Waals surface area (Å²) in [4.78, 5) is 14.1. The molecular weight excluding hydrogens is 214 g/mol. The van der Waals surface area contributed by atoms with Gasteiger partial charge >= 0.3 is 0 Å². The van der Waals surface area contributed by atoms with Crippen molar-refractivity contribution in [1.82, 2.24) is 10.2 Å². The third kappa shape index (κ3) is 4.74. The molecule has 1 rings (SSSR count). The number of carbonyl (C=O) groups excluding carboxylic acids is 1. The molecule has 17 heavy (non-hydrogen) atoms. The topological polar surface area (TPSA) is 56.1 Å².